The Morgan fingerprint density at radius 2 is 2.15 bits per heavy atom. The van der Waals surface area contributed by atoms with Crippen LogP contribution >= 0.6 is 34.5 Å². The Balaban J connectivity index is 2.09. The summed E-state index contributed by atoms with van der Waals surface area (Å²) in [6.07, 6.45) is 2.40. The Labute approximate surface area is 131 Å². The summed E-state index contributed by atoms with van der Waals surface area (Å²) < 4.78 is 0. The van der Waals surface area contributed by atoms with E-state index >= 15 is 0 Å². The van der Waals surface area contributed by atoms with Gasteiger partial charge in [-0.2, -0.15) is 0 Å². The van der Waals surface area contributed by atoms with Gasteiger partial charge in [0.25, 0.3) is 0 Å². The molecule has 2 aromatic rings. The molecule has 0 aliphatic heterocycles. The van der Waals surface area contributed by atoms with Crippen LogP contribution < -0.4 is 5.32 Å². The summed E-state index contributed by atoms with van der Waals surface area (Å²) in [5.74, 6) is -0.101. The minimum absolute atomic E-state index is 0.0355. The molecular formula is C14H14Cl2N2OS. The van der Waals surface area contributed by atoms with Crippen molar-refractivity contribution in [1.29, 1.82) is 0 Å². The number of aromatic nitrogens is 1. The van der Waals surface area contributed by atoms with Gasteiger partial charge in [-0.1, -0.05) is 37.0 Å². The molecule has 0 spiro atoms. The third-order valence-corrected chi connectivity index (χ3v) is 4.20. The number of carbonyl (C=O) groups excluding carboxylic acids is 1. The molecule has 2 rings (SSSR count). The zero-order valence-corrected chi connectivity index (χ0v) is 13.4. The molecule has 20 heavy (non-hydrogen) atoms. The van der Waals surface area contributed by atoms with Crippen molar-refractivity contribution in [2.45, 2.75) is 20.3 Å². The number of rotatable bonds is 4. The Bertz CT molecular complexity index is 625. The fraction of sp³-hybridized carbons (Fsp3) is 0.286. The summed E-state index contributed by atoms with van der Waals surface area (Å²) in [7, 11) is 0. The number of carbonyl (C=O) groups is 1. The van der Waals surface area contributed by atoms with Gasteiger partial charge in [-0.15, -0.1) is 11.3 Å². The van der Waals surface area contributed by atoms with E-state index in [-0.39, 0.29) is 11.8 Å². The van der Waals surface area contributed by atoms with Gasteiger partial charge in [-0.05, 0) is 23.8 Å². The topological polar surface area (TPSA) is 42.0 Å². The molecule has 0 fully saturated rings. The normalized spacial score (nSPS) is 10.8. The number of benzene rings is 1. The zero-order valence-electron chi connectivity index (χ0n) is 11.1. The maximum Gasteiger partial charge on any atom is 0.228 e. The first-order valence-corrected chi connectivity index (χ1v) is 7.72. The minimum Gasteiger partial charge on any atom is -0.302 e. The molecule has 6 heteroatoms. The van der Waals surface area contributed by atoms with Gasteiger partial charge >= 0.3 is 0 Å². The lowest BCUT2D eigenvalue weighted by Crippen LogP contribution is -2.17. The molecule has 0 saturated carbocycles. The highest BCUT2D eigenvalue weighted by Crippen LogP contribution is 2.27. The standard InChI is InChI=1S/C14H14Cl2N2OS/c1-8(2)13(19)18-14-17-7-11(20-14)6-9-5-10(15)3-4-12(9)16/h3-5,7-8H,6H2,1-2H3,(H,17,18,19). The average molecular weight is 329 g/mol. The molecule has 1 aromatic carbocycles. The van der Waals surface area contributed by atoms with Gasteiger partial charge in [0, 0.05) is 33.5 Å². The van der Waals surface area contributed by atoms with Crippen molar-refractivity contribution in [1.82, 2.24) is 4.98 Å². The van der Waals surface area contributed by atoms with Crippen molar-refractivity contribution < 1.29 is 4.79 Å². The summed E-state index contributed by atoms with van der Waals surface area (Å²) in [6, 6.07) is 5.38. The second-order valence-electron chi connectivity index (χ2n) is 4.69. The molecule has 1 N–H and O–H groups in total. The predicted molar refractivity (Wildman–Crippen MR) is 84.8 cm³/mol. The van der Waals surface area contributed by atoms with E-state index in [0.29, 0.717) is 21.6 Å². The van der Waals surface area contributed by atoms with Crippen LogP contribution in [0.1, 0.15) is 24.3 Å². The molecule has 0 atom stereocenters. The third-order valence-electron chi connectivity index (χ3n) is 2.68. The van der Waals surface area contributed by atoms with Crippen LogP contribution in [-0.2, 0) is 11.2 Å². The predicted octanol–water partition coefficient (Wildman–Crippen LogP) is 4.64. The second kappa shape index (κ2) is 6.57. The first-order chi connectivity index (χ1) is 9.45. The Kier molecular flexibility index (Phi) is 5.02. The van der Waals surface area contributed by atoms with E-state index in [4.69, 9.17) is 23.2 Å². The maximum absolute atomic E-state index is 11.6. The van der Waals surface area contributed by atoms with E-state index in [0.717, 1.165) is 10.4 Å². The van der Waals surface area contributed by atoms with E-state index in [9.17, 15) is 4.79 Å². The molecule has 0 radical (unpaired) electrons. The zero-order chi connectivity index (χ0) is 14.7. The highest BCUT2D eigenvalue weighted by molar-refractivity contribution is 7.15. The largest absolute Gasteiger partial charge is 0.302 e. The van der Waals surface area contributed by atoms with E-state index in [1.807, 2.05) is 19.9 Å². The molecule has 0 saturated heterocycles. The summed E-state index contributed by atoms with van der Waals surface area (Å²) in [6.45, 7) is 3.69. The molecule has 0 aliphatic rings. The number of halogens is 2. The number of nitrogens with one attached hydrogen (secondary N) is 1. The second-order valence-corrected chi connectivity index (χ2v) is 6.65. The van der Waals surface area contributed by atoms with Crippen molar-refractivity contribution in [3.63, 3.8) is 0 Å². The van der Waals surface area contributed by atoms with Crippen LogP contribution in [0.2, 0.25) is 10.0 Å². The summed E-state index contributed by atoms with van der Waals surface area (Å²) >= 11 is 13.5. The van der Waals surface area contributed by atoms with Crippen LogP contribution in [-0.4, -0.2) is 10.9 Å². The molecule has 0 aliphatic carbocycles. The highest BCUT2D eigenvalue weighted by atomic mass is 35.5. The Morgan fingerprint density at radius 1 is 1.40 bits per heavy atom. The van der Waals surface area contributed by atoms with Crippen molar-refractivity contribution in [3.05, 3.63) is 44.9 Å². The van der Waals surface area contributed by atoms with Crippen molar-refractivity contribution in [2.75, 3.05) is 5.32 Å². The molecule has 1 amide bonds. The van der Waals surface area contributed by atoms with Gasteiger partial charge in [0.15, 0.2) is 5.13 Å². The number of hydrogen-bond acceptors (Lipinski definition) is 3. The van der Waals surface area contributed by atoms with Crippen molar-refractivity contribution in [3.8, 4) is 0 Å². The van der Waals surface area contributed by atoms with Crippen molar-refractivity contribution >= 4 is 45.6 Å². The molecular weight excluding hydrogens is 315 g/mol. The molecule has 106 valence electrons. The first-order valence-electron chi connectivity index (χ1n) is 6.15. The summed E-state index contributed by atoms with van der Waals surface area (Å²) in [5, 5.41) is 4.72. The fourth-order valence-electron chi connectivity index (χ4n) is 1.56. The molecule has 0 bridgehead atoms. The molecule has 1 heterocycles. The Hall–Kier alpha value is -1.10. The number of hydrogen-bond donors (Lipinski definition) is 1. The number of anilines is 1. The number of thiazole rings is 1. The maximum atomic E-state index is 11.6. The molecule has 0 unspecified atom stereocenters. The van der Waals surface area contributed by atoms with Crippen molar-refractivity contribution in [2.24, 2.45) is 5.92 Å². The highest BCUT2D eigenvalue weighted by Gasteiger charge is 2.11. The average Bonchev–Trinajstić information content (AvgIpc) is 2.81. The van der Waals surface area contributed by atoms with Gasteiger partial charge in [0.2, 0.25) is 5.91 Å². The minimum atomic E-state index is -0.0651. The first kappa shape index (κ1) is 15.3. The molecule has 3 nitrogen and oxygen atoms in total. The van der Waals surface area contributed by atoms with E-state index in [2.05, 4.69) is 10.3 Å². The van der Waals surface area contributed by atoms with Gasteiger partial charge in [0.05, 0.1) is 0 Å². The van der Waals surface area contributed by atoms with Gasteiger partial charge in [0.1, 0.15) is 0 Å². The fourth-order valence-corrected chi connectivity index (χ4v) is 2.78. The van der Waals surface area contributed by atoms with Gasteiger partial charge in [-0.25, -0.2) is 4.98 Å². The van der Waals surface area contributed by atoms with Crippen LogP contribution in [0.25, 0.3) is 0 Å². The number of amides is 1. The SMILES string of the molecule is CC(C)C(=O)Nc1ncc(Cc2cc(Cl)ccc2Cl)s1. The van der Waals surface area contributed by atoms with Crippen LogP contribution in [0, 0.1) is 5.92 Å². The Morgan fingerprint density at radius 3 is 2.85 bits per heavy atom. The lowest BCUT2D eigenvalue weighted by molar-refractivity contribution is -0.118. The van der Waals surface area contributed by atoms with Crippen LogP contribution in [0.4, 0.5) is 5.13 Å². The molecule has 1 aromatic heterocycles. The third kappa shape index (κ3) is 3.95. The number of nitrogens with zero attached hydrogens (tertiary/aromatic N) is 1. The lowest BCUT2D eigenvalue weighted by Gasteiger charge is -2.04. The van der Waals surface area contributed by atoms with E-state index < -0.39 is 0 Å². The monoisotopic (exact) mass is 328 g/mol. The smallest absolute Gasteiger partial charge is 0.228 e. The quantitative estimate of drug-likeness (QED) is 0.888. The van der Waals surface area contributed by atoms with E-state index in [1.54, 1.807) is 18.3 Å². The van der Waals surface area contributed by atoms with E-state index in [1.165, 1.54) is 11.3 Å². The van der Waals surface area contributed by atoms with Gasteiger partial charge in [-0.3, -0.25) is 4.79 Å². The summed E-state index contributed by atoms with van der Waals surface area (Å²) in [5.41, 5.74) is 0.949. The van der Waals surface area contributed by atoms with Crippen LogP contribution in [0.15, 0.2) is 24.4 Å². The van der Waals surface area contributed by atoms with Crippen LogP contribution in [0.3, 0.4) is 0 Å². The summed E-state index contributed by atoms with van der Waals surface area (Å²) in [4.78, 5) is 16.8. The van der Waals surface area contributed by atoms with Crippen LogP contribution in [0.5, 0.6) is 0 Å². The lowest BCUT2D eigenvalue weighted by atomic mass is 10.1. The van der Waals surface area contributed by atoms with Gasteiger partial charge < -0.3 is 5.32 Å².